The fraction of sp³-hybridized carbons (Fsp3) is 0.333. The van der Waals surface area contributed by atoms with Gasteiger partial charge in [-0.3, -0.25) is 0 Å². The molecule has 0 aliphatic rings. The Morgan fingerprint density at radius 2 is 1.80 bits per heavy atom. The molecule has 2 rings (SSSR count). The van der Waals surface area contributed by atoms with Gasteiger partial charge in [0.15, 0.2) is 0 Å². The van der Waals surface area contributed by atoms with Crippen LogP contribution in [-0.4, -0.2) is 5.11 Å². The lowest BCUT2D eigenvalue weighted by Gasteiger charge is -2.15. The van der Waals surface area contributed by atoms with E-state index in [0.29, 0.717) is 13.0 Å². The Hall–Kier alpha value is -1.80. The van der Waals surface area contributed by atoms with Crippen LogP contribution in [0.3, 0.4) is 0 Å². The minimum absolute atomic E-state index is 0.467. The van der Waals surface area contributed by atoms with Gasteiger partial charge < -0.3 is 9.84 Å². The van der Waals surface area contributed by atoms with Crippen LogP contribution in [0.2, 0.25) is 0 Å². The highest BCUT2D eigenvalue weighted by atomic mass is 16.5. The van der Waals surface area contributed by atoms with Crippen molar-refractivity contribution in [2.24, 2.45) is 0 Å². The van der Waals surface area contributed by atoms with E-state index >= 15 is 0 Å². The van der Waals surface area contributed by atoms with Gasteiger partial charge in [0.2, 0.25) is 0 Å². The van der Waals surface area contributed by atoms with Crippen molar-refractivity contribution in [2.75, 3.05) is 0 Å². The highest BCUT2D eigenvalue weighted by Crippen LogP contribution is 2.27. The summed E-state index contributed by atoms with van der Waals surface area (Å²) in [6, 6.07) is 14.0. The minimum atomic E-state index is -0.467. The Kier molecular flexibility index (Phi) is 4.80. The lowest BCUT2D eigenvalue weighted by atomic mass is 10.1. The molecule has 2 heteroatoms. The van der Waals surface area contributed by atoms with E-state index in [4.69, 9.17) is 4.74 Å². The molecule has 1 N–H and O–H groups in total. The second-order valence-corrected chi connectivity index (χ2v) is 5.17. The molecule has 2 aromatic carbocycles. The monoisotopic (exact) mass is 270 g/mol. The third-order valence-electron chi connectivity index (χ3n) is 3.63. The fourth-order valence-corrected chi connectivity index (χ4v) is 2.16. The van der Waals surface area contributed by atoms with Crippen molar-refractivity contribution in [3.05, 3.63) is 64.7 Å². The number of benzene rings is 2. The summed E-state index contributed by atoms with van der Waals surface area (Å²) in [6.07, 6.45) is 0.218. The van der Waals surface area contributed by atoms with E-state index in [1.54, 1.807) is 0 Å². The number of rotatable bonds is 5. The third kappa shape index (κ3) is 3.40. The first kappa shape index (κ1) is 14.6. The van der Waals surface area contributed by atoms with E-state index in [9.17, 15) is 5.11 Å². The molecule has 0 saturated heterocycles. The van der Waals surface area contributed by atoms with E-state index in [-0.39, 0.29) is 0 Å². The van der Waals surface area contributed by atoms with Gasteiger partial charge in [-0.15, -0.1) is 0 Å². The van der Waals surface area contributed by atoms with Gasteiger partial charge in [-0.2, -0.15) is 0 Å². The summed E-state index contributed by atoms with van der Waals surface area (Å²) in [5.41, 5.74) is 4.57. The molecule has 0 amide bonds. The van der Waals surface area contributed by atoms with Crippen molar-refractivity contribution in [2.45, 2.75) is 39.9 Å². The van der Waals surface area contributed by atoms with Crippen LogP contribution >= 0.6 is 0 Å². The quantitative estimate of drug-likeness (QED) is 0.876. The van der Waals surface area contributed by atoms with Gasteiger partial charge >= 0.3 is 0 Å². The van der Waals surface area contributed by atoms with Crippen molar-refractivity contribution in [1.82, 2.24) is 0 Å². The largest absolute Gasteiger partial charge is 0.489 e. The van der Waals surface area contributed by atoms with Crippen molar-refractivity contribution in [1.29, 1.82) is 0 Å². The normalized spacial score (nSPS) is 12.2. The van der Waals surface area contributed by atoms with Gasteiger partial charge in [-0.05, 0) is 43.0 Å². The highest BCUT2D eigenvalue weighted by molar-refractivity contribution is 5.36. The maximum absolute atomic E-state index is 10.0. The number of hydrogen-bond donors (Lipinski definition) is 1. The van der Waals surface area contributed by atoms with Gasteiger partial charge in [0.05, 0.1) is 6.10 Å². The maximum Gasteiger partial charge on any atom is 0.125 e. The van der Waals surface area contributed by atoms with Gasteiger partial charge in [-0.25, -0.2) is 0 Å². The summed E-state index contributed by atoms with van der Waals surface area (Å²) < 4.78 is 5.88. The summed E-state index contributed by atoms with van der Waals surface area (Å²) in [4.78, 5) is 0. The molecular weight excluding hydrogens is 248 g/mol. The smallest absolute Gasteiger partial charge is 0.125 e. The summed E-state index contributed by atoms with van der Waals surface area (Å²) >= 11 is 0. The zero-order valence-electron chi connectivity index (χ0n) is 12.4. The van der Waals surface area contributed by atoms with E-state index in [2.05, 4.69) is 32.0 Å². The lowest BCUT2D eigenvalue weighted by Crippen LogP contribution is -2.02. The molecule has 0 heterocycles. The molecule has 106 valence electrons. The number of hydrogen-bond acceptors (Lipinski definition) is 2. The van der Waals surface area contributed by atoms with E-state index in [0.717, 1.165) is 16.9 Å². The Morgan fingerprint density at radius 1 is 1.05 bits per heavy atom. The molecule has 2 aromatic rings. The van der Waals surface area contributed by atoms with Crippen molar-refractivity contribution < 1.29 is 9.84 Å². The fourth-order valence-electron chi connectivity index (χ4n) is 2.16. The molecule has 0 fully saturated rings. The average Bonchev–Trinajstić information content (AvgIpc) is 2.48. The van der Waals surface area contributed by atoms with Crippen LogP contribution in [0.25, 0.3) is 0 Å². The first-order valence-corrected chi connectivity index (χ1v) is 7.07. The van der Waals surface area contributed by atoms with E-state index in [1.807, 2.05) is 31.2 Å². The van der Waals surface area contributed by atoms with E-state index < -0.39 is 6.10 Å². The third-order valence-corrected chi connectivity index (χ3v) is 3.63. The summed E-state index contributed by atoms with van der Waals surface area (Å²) in [5, 5.41) is 10.0. The van der Waals surface area contributed by atoms with Crippen LogP contribution in [0, 0.1) is 13.8 Å². The standard InChI is InChI=1S/C18H22O2/c1-4-17(19)16-7-5-6-8-18(16)20-12-15-10-9-13(2)14(3)11-15/h5-11,17,19H,4,12H2,1-3H3/t17-/m1/s1. The molecule has 1 atom stereocenters. The molecule has 0 saturated carbocycles. The molecule has 0 aromatic heterocycles. The molecule has 2 nitrogen and oxygen atoms in total. The molecule has 0 unspecified atom stereocenters. The molecule has 0 bridgehead atoms. The SMILES string of the molecule is CC[C@@H](O)c1ccccc1OCc1ccc(C)c(C)c1. The van der Waals surface area contributed by atoms with E-state index in [1.165, 1.54) is 11.1 Å². The second kappa shape index (κ2) is 6.58. The van der Waals surface area contributed by atoms with Crippen LogP contribution < -0.4 is 4.74 Å². The topological polar surface area (TPSA) is 29.5 Å². The Bertz CT molecular complexity index is 575. The second-order valence-electron chi connectivity index (χ2n) is 5.17. The van der Waals surface area contributed by atoms with Gasteiger partial charge in [0.1, 0.15) is 12.4 Å². The minimum Gasteiger partial charge on any atom is -0.489 e. The predicted octanol–water partition coefficient (Wildman–Crippen LogP) is 4.33. The Morgan fingerprint density at radius 3 is 2.50 bits per heavy atom. The van der Waals surface area contributed by atoms with Crippen LogP contribution in [0.15, 0.2) is 42.5 Å². The highest BCUT2D eigenvalue weighted by Gasteiger charge is 2.11. The van der Waals surface area contributed by atoms with Crippen LogP contribution in [0.1, 0.15) is 41.7 Å². The van der Waals surface area contributed by atoms with Crippen LogP contribution in [-0.2, 0) is 6.61 Å². The average molecular weight is 270 g/mol. The van der Waals surface area contributed by atoms with Crippen LogP contribution in [0.5, 0.6) is 5.75 Å². The molecule has 0 spiro atoms. The molecule has 20 heavy (non-hydrogen) atoms. The lowest BCUT2D eigenvalue weighted by molar-refractivity contribution is 0.166. The summed E-state index contributed by atoms with van der Waals surface area (Å²) in [6.45, 7) is 6.69. The van der Waals surface area contributed by atoms with Gasteiger partial charge in [0, 0.05) is 5.56 Å². The zero-order valence-corrected chi connectivity index (χ0v) is 12.4. The van der Waals surface area contributed by atoms with Crippen molar-refractivity contribution in [3.8, 4) is 5.75 Å². The van der Waals surface area contributed by atoms with Crippen LogP contribution in [0.4, 0.5) is 0 Å². The number of aryl methyl sites for hydroxylation is 2. The number of para-hydroxylation sites is 1. The first-order chi connectivity index (χ1) is 9.61. The maximum atomic E-state index is 10.0. The molecule has 0 aliphatic heterocycles. The number of aliphatic hydroxyl groups excluding tert-OH is 1. The molecule has 0 radical (unpaired) electrons. The predicted molar refractivity (Wildman–Crippen MR) is 81.9 cm³/mol. The zero-order chi connectivity index (χ0) is 14.5. The number of ether oxygens (including phenoxy) is 1. The van der Waals surface area contributed by atoms with Crippen molar-refractivity contribution >= 4 is 0 Å². The first-order valence-electron chi connectivity index (χ1n) is 7.07. The Labute approximate surface area is 121 Å². The molecule has 0 aliphatic carbocycles. The summed E-state index contributed by atoms with van der Waals surface area (Å²) in [7, 11) is 0. The number of aliphatic hydroxyl groups is 1. The summed E-state index contributed by atoms with van der Waals surface area (Å²) in [5.74, 6) is 0.764. The molecular formula is C18H22O2. The van der Waals surface area contributed by atoms with Gasteiger partial charge in [-0.1, -0.05) is 43.3 Å². The Balaban J connectivity index is 2.12. The van der Waals surface area contributed by atoms with Crippen molar-refractivity contribution in [3.63, 3.8) is 0 Å². The van der Waals surface area contributed by atoms with Gasteiger partial charge in [0.25, 0.3) is 0 Å².